The molecule has 0 radical (unpaired) electrons. The summed E-state index contributed by atoms with van der Waals surface area (Å²) in [6, 6.07) is 26.4. The van der Waals surface area contributed by atoms with Crippen LogP contribution in [0.25, 0.3) is 0 Å². The number of quaternary nitrogens is 1. The monoisotopic (exact) mass is 362 g/mol. The average molecular weight is 362 g/mol. The summed E-state index contributed by atoms with van der Waals surface area (Å²) >= 11 is 0. The van der Waals surface area contributed by atoms with E-state index in [4.69, 9.17) is 0 Å². The average Bonchev–Trinajstić information content (AvgIpc) is 3.14. The molecule has 1 aliphatic rings. The van der Waals surface area contributed by atoms with Gasteiger partial charge >= 0.3 is 5.97 Å². The molecule has 1 aliphatic heterocycles. The van der Waals surface area contributed by atoms with Crippen molar-refractivity contribution in [2.45, 2.75) is 0 Å². The first kappa shape index (κ1) is 18.1. The van der Waals surface area contributed by atoms with E-state index >= 15 is 0 Å². The number of nitrogens with zero attached hydrogens (tertiary/aromatic N) is 3. The zero-order valence-electron chi connectivity index (χ0n) is 14.3. The molecule has 4 N–H and O–H groups in total. The molecule has 27 heavy (non-hydrogen) atoms. The molecule has 0 unspecified atom stereocenters. The van der Waals surface area contributed by atoms with E-state index < -0.39 is 5.97 Å². The third-order valence-corrected chi connectivity index (χ3v) is 4.09. The van der Waals surface area contributed by atoms with E-state index in [1.165, 1.54) is 0 Å². The van der Waals surface area contributed by atoms with Crippen LogP contribution in [-0.2, 0) is 0 Å². The lowest BCUT2D eigenvalue weighted by molar-refractivity contribution is -0.545. The van der Waals surface area contributed by atoms with Crippen molar-refractivity contribution in [3.63, 3.8) is 0 Å². The van der Waals surface area contributed by atoms with Crippen molar-refractivity contribution in [1.82, 2.24) is 0 Å². The summed E-state index contributed by atoms with van der Waals surface area (Å²) < 4.78 is 0. The Kier molecular flexibility index (Phi) is 5.16. The minimum Gasteiger partial charge on any atom is -0.870 e. The molecule has 1 heterocycles. The topological polar surface area (TPSA) is 103 Å². The van der Waals surface area contributed by atoms with Gasteiger partial charge < -0.3 is 10.6 Å². The van der Waals surface area contributed by atoms with Crippen molar-refractivity contribution in [2.24, 2.45) is 5.10 Å². The zero-order valence-corrected chi connectivity index (χ0v) is 14.3. The lowest BCUT2D eigenvalue weighted by atomic mass is 10.2. The molecule has 7 heteroatoms. The number of hydrogen-bond donors (Lipinski definition) is 2. The Morgan fingerprint density at radius 1 is 0.852 bits per heavy atom. The summed E-state index contributed by atoms with van der Waals surface area (Å²) in [4.78, 5) is 11.7. The van der Waals surface area contributed by atoms with Crippen LogP contribution >= 0.6 is 0 Å². The summed E-state index contributed by atoms with van der Waals surface area (Å²) in [7, 11) is 0. The number of benzene rings is 3. The van der Waals surface area contributed by atoms with Crippen LogP contribution in [-0.4, -0.2) is 22.4 Å². The van der Waals surface area contributed by atoms with E-state index in [-0.39, 0.29) is 11.0 Å². The Bertz CT molecular complexity index is 961. The molecule has 0 amide bonds. The minimum absolute atomic E-state index is 0. The number of anilines is 2. The van der Waals surface area contributed by atoms with Crippen LogP contribution in [0.15, 0.2) is 90.0 Å². The van der Waals surface area contributed by atoms with Gasteiger partial charge in [-0.15, -0.1) is 10.2 Å². The van der Waals surface area contributed by atoms with Gasteiger partial charge in [0, 0.05) is 0 Å². The molecule has 0 saturated heterocycles. The highest BCUT2D eigenvalue weighted by Gasteiger charge is 2.33. The third kappa shape index (κ3) is 3.50. The molecule has 3 aromatic carbocycles. The van der Waals surface area contributed by atoms with Gasteiger partial charge in [0.25, 0.3) is 5.84 Å². The van der Waals surface area contributed by atoms with Crippen molar-refractivity contribution >= 4 is 23.2 Å². The SMILES string of the molecule is O=C(O)c1ccccc1N1N=C(c2ccccc2)[NH2+]N1c1ccccc1.[OH-]. The number of hydrazine groups is 1. The van der Waals surface area contributed by atoms with Crippen molar-refractivity contribution in [1.29, 1.82) is 0 Å². The van der Waals surface area contributed by atoms with Crippen molar-refractivity contribution in [3.8, 4) is 0 Å². The second kappa shape index (κ2) is 7.69. The van der Waals surface area contributed by atoms with E-state index in [1.54, 1.807) is 29.4 Å². The van der Waals surface area contributed by atoms with Crippen LogP contribution in [0.1, 0.15) is 15.9 Å². The van der Waals surface area contributed by atoms with Gasteiger partial charge in [0.15, 0.2) is 0 Å². The number of aromatic carboxylic acids is 1. The van der Waals surface area contributed by atoms with Crippen LogP contribution in [0, 0.1) is 0 Å². The second-order valence-electron chi connectivity index (χ2n) is 5.77. The van der Waals surface area contributed by atoms with Crippen molar-refractivity contribution < 1.29 is 20.8 Å². The summed E-state index contributed by atoms with van der Waals surface area (Å²) in [6.07, 6.45) is 0. The Morgan fingerprint density at radius 2 is 1.44 bits per heavy atom. The van der Waals surface area contributed by atoms with Gasteiger partial charge in [-0.2, -0.15) is 5.43 Å². The fourth-order valence-electron chi connectivity index (χ4n) is 2.85. The molecule has 4 rings (SSSR count). The Labute approximate surface area is 156 Å². The number of amidine groups is 1. The first-order valence-corrected chi connectivity index (χ1v) is 8.19. The number of hydrazone groups is 1. The van der Waals surface area contributed by atoms with E-state index in [2.05, 4.69) is 5.10 Å². The van der Waals surface area contributed by atoms with Crippen LogP contribution in [0.2, 0.25) is 0 Å². The molecule has 0 saturated carbocycles. The maximum atomic E-state index is 11.7. The molecular formula is C20H18N4O3. The highest BCUT2D eigenvalue weighted by Crippen LogP contribution is 2.26. The van der Waals surface area contributed by atoms with E-state index in [0.29, 0.717) is 5.69 Å². The van der Waals surface area contributed by atoms with Gasteiger partial charge in [0.05, 0.1) is 11.1 Å². The summed E-state index contributed by atoms with van der Waals surface area (Å²) in [5, 5.41) is 17.7. The maximum absolute atomic E-state index is 11.7. The van der Waals surface area contributed by atoms with E-state index in [9.17, 15) is 9.90 Å². The fourth-order valence-corrected chi connectivity index (χ4v) is 2.85. The van der Waals surface area contributed by atoms with Gasteiger partial charge in [-0.25, -0.2) is 4.79 Å². The quantitative estimate of drug-likeness (QED) is 0.693. The molecule has 3 aromatic rings. The van der Waals surface area contributed by atoms with Gasteiger partial charge in [-0.1, -0.05) is 53.6 Å². The van der Waals surface area contributed by atoms with E-state index in [0.717, 1.165) is 17.1 Å². The third-order valence-electron chi connectivity index (χ3n) is 4.09. The van der Waals surface area contributed by atoms with Crippen LogP contribution in [0.3, 0.4) is 0 Å². The first-order chi connectivity index (χ1) is 12.7. The van der Waals surface area contributed by atoms with Crippen molar-refractivity contribution in [3.05, 3.63) is 96.1 Å². The molecule has 0 spiro atoms. The van der Waals surface area contributed by atoms with Crippen LogP contribution in [0.5, 0.6) is 0 Å². The normalized spacial score (nSPS) is 13.1. The van der Waals surface area contributed by atoms with Gasteiger partial charge in [0.1, 0.15) is 11.4 Å². The molecule has 0 bridgehead atoms. The zero-order chi connectivity index (χ0) is 17.9. The lowest BCUT2D eigenvalue weighted by Gasteiger charge is -2.24. The number of carbonyl (C=O) groups is 1. The highest BCUT2D eigenvalue weighted by molar-refractivity contribution is 5.97. The van der Waals surface area contributed by atoms with Crippen LogP contribution < -0.4 is 15.7 Å². The van der Waals surface area contributed by atoms with E-state index in [1.807, 2.05) is 71.2 Å². The standard InChI is InChI=1S/C20H16N4O2.H2O/c25-20(26)17-13-7-8-14-18(17)24-22-19(15-9-3-1-4-10-15)21-23(24)16-11-5-2-6-12-16;/h1-14H,(H,21,22)(H,25,26);1H2. The Morgan fingerprint density at radius 3 is 2.11 bits per heavy atom. The predicted molar refractivity (Wildman–Crippen MR) is 102 cm³/mol. The lowest BCUT2D eigenvalue weighted by Crippen LogP contribution is -2.96. The number of hydrogen-bond acceptors (Lipinski definition) is 5. The first-order valence-electron chi connectivity index (χ1n) is 8.19. The largest absolute Gasteiger partial charge is 0.870 e. The Balaban J connectivity index is 0.00000210. The molecule has 0 atom stereocenters. The van der Waals surface area contributed by atoms with Crippen molar-refractivity contribution in [2.75, 3.05) is 10.2 Å². The molecule has 7 nitrogen and oxygen atoms in total. The number of nitrogens with two attached hydrogens (primary N) is 1. The maximum Gasteiger partial charge on any atom is 0.337 e. The van der Waals surface area contributed by atoms with Gasteiger partial charge in [-0.05, 0) is 36.4 Å². The molecule has 0 aliphatic carbocycles. The minimum atomic E-state index is -0.989. The molecule has 0 fully saturated rings. The summed E-state index contributed by atoms with van der Waals surface area (Å²) in [5.74, 6) is -0.230. The number of carboxylic acids is 1. The summed E-state index contributed by atoms with van der Waals surface area (Å²) in [5.41, 5.74) is 4.46. The summed E-state index contributed by atoms with van der Waals surface area (Å²) in [6.45, 7) is 0. The van der Waals surface area contributed by atoms with Gasteiger partial charge in [0.2, 0.25) is 0 Å². The number of para-hydroxylation sites is 2. The molecule has 136 valence electrons. The predicted octanol–water partition coefficient (Wildman–Crippen LogP) is 2.29. The second-order valence-corrected chi connectivity index (χ2v) is 5.77. The number of carboxylic acid groups (broad SMARTS) is 1. The molecule has 0 aromatic heterocycles. The molecular weight excluding hydrogens is 344 g/mol. The van der Waals surface area contributed by atoms with Gasteiger partial charge in [-0.3, -0.25) is 0 Å². The Hall–Kier alpha value is -3.68. The smallest absolute Gasteiger partial charge is 0.337 e. The number of rotatable bonds is 4. The fraction of sp³-hybridized carbons (Fsp3) is 0. The van der Waals surface area contributed by atoms with Crippen LogP contribution in [0.4, 0.5) is 11.4 Å². The highest BCUT2D eigenvalue weighted by atomic mass is 16.4.